The fourth-order valence-electron chi connectivity index (χ4n) is 3.72. The Morgan fingerprint density at radius 3 is 2.25 bits per heavy atom. The lowest BCUT2D eigenvalue weighted by molar-refractivity contribution is -0.134. The predicted octanol–water partition coefficient (Wildman–Crippen LogP) is 4.19. The number of nitrogens with two attached hydrogens (primary N) is 1. The van der Waals surface area contributed by atoms with Crippen LogP contribution in [0.4, 0.5) is 0 Å². The first-order valence-electron chi connectivity index (χ1n) is 10.6. The monoisotopic (exact) mass is 436 g/mol. The maximum absolute atomic E-state index is 9.55. The average molecular weight is 437 g/mol. The van der Waals surface area contributed by atoms with Crippen LogP contribution in [0.2, 0.25) is 0 Å². The van der Waals surface area contributed by atoms with Crippen LogP contribution >= 0.6 is 0 Å². The lowest BCUT2D eigenvalue weighted by Gasteiger charge is -2.27. The second-order valence-electron chi connectivity index (χ2n) is 7.94. The van der Waals surface area contributed by atoms with Crippen LogP contribution in [0.25, 0.3) is 22.2 Å². The summed E-state index contributed by atoms with van der Waals surface area (Å²) in [5.74, 6) is -1.87. The number of aliphatic carboxylic acids is 2. The third-order valence-corrected chi connectivity index (χ3v) is 5.90. The van der Waals surface area contributed by atoms with Crippen molar-refractivity contribution in [2.45, 2.75) is 51.0 Å². The molecule has 8 nitrogen and oxygen atoms in total. The van der Waals surface area contributed by atoms with E-state index in [9.17, 15) is 9.59 Å². The van der Waals surface area contributed by atoms with Crippen LogP contribution < -0.4 is 5.73 Å². The number of hydrogen-bond donors (Lipinski definition) is 4. The Bertz CT molecular complexity index is 1110. The Balaban J connectivity index is 0.000000312. The Morgan fingerprint density at radius 2 is 1.75 bits per heavy atom. The van der Waals surface area contributed by atoms with Crippen molar-refractivity contribution in [1.82, 2.24) is 15.2 Å². The van der Waals surface area contributed by atoms with Crippen LogP contribution in [0.3, 0.4) is 0 Å². The first-order valence-corrected chi connectivity index (χ1v) is 10.6. The van der Waals surface area contributed by atoms with Gasteiger partial charge in [0.05, 0.1) is 17.4 Å². The van der Waals surface area contributed by atoms with Gasteiger partial charge in [-0.25, -0.2) is 9.59 Å². The Hall–Kier alpha value is -3.52. The van der Waals surface area contributed by atoms with Crippen molar-refractivity contribution in [2.75, 3.05) is 0 Å². The van der Waals surface area contributed by atoms with E-state index in [4.69, 9.17) is 20.9 Å². The quantitative estimate of drug-likeness (QED) is 0.407. The molecular weight excluding hydrogens is 408 g/mol. The van der Waals surface area contributed by atoms with E-state index in [0.717, 1.165) is 29.6 Å². The van der Waals surface area contributed by atoms with Crippen molar-refractivity contribution in [2.24, 2.45) is 5.73 Å². The molecule has 8 heteroatoms. The molecule has 1 saturated carbocycles. The average Bonchev–Trinajstić information content (AvgIpc) is 3.52. The number of nitrogens with zero attached hydrogens (tertiary/aromatic N) is 2. The fourth-order valence-corrected chi connectivity index (χ4v) is 3.72. The number of hydrogen-bond acceptors (Lipinski definition) is 5. The molecule has 0 unspecified atom stereocenters. The standard InChI is InChI=1S/C20H24N4.C4H4O4/c1-3-20(21,4-2)14-7-9-17(22-11-14)15-8-10-18-16(12-23-24-18)19(15)13-5-6-13;5-3(6)1-2-4(7)8/h7-13H,3-6,21H2,1-2H3,(H,23,24);1-2H,(H,5,6)(H,7,8). The highest BCUT2D eigenvalue weighted by Crippen LogP contribution is 2.47. The number of aromatic nitrogens is 3. The second-order valence-corrected chi connectivity index (χ2v) is 7.94. The zero-order valence-electron chi connectivity index (χ0n) is 18.2. The molecule has 0 atom stereocenters. The number of aromatic amines is 1. The number of fused-ring (bicyclic) bond motifs is 1. The highest BCUT2D eigenvalue weighted by atomic mass is 16.4. The van der Waals surface area contributed by atoms with Gasteiger partial charge >= 0.3 is 11.9 Å². The molecule has 32 heavy (non-hydrogen) atoms. The van der Waals surface area contributed by atoms with Crippen molar-refractivity contribution in [3.63, 3.8) is 0 Å². The van der Waals surface area contributed by atoms with Gasteiger partial charge in [0.25, 0.3) is 0 Å². The number of pyridine rings is 1. The summed E-state index contributed by atoms with van der Waals surface area (Å²) in [5.41, 5.74) is 12.1. The number of carboxylic acids is 2. The lowest BCUT2D eigenvalue weighted by atomic mass is 9.86. The van der Waals surface area contributed by atoms with Gasteiger partial charge in [0.15, 0.2) is 0 Å². The summed E-state index contributed by atoms with van der Waals surface area (Å²) in [6.07, 6.45) is 9.36. The number of nitrogens with one attached hydrogen (secondary N) is 1. The fraction of sp³-hybridized carbons (Fsp3) is 0.333. The summed E-state index contributed by atoms with van der Waals surface area (Å²) in [7, 11) is 0. The first kappa shape index (κ1) is 23.1. The Labute approximate surface area is 186 Å². The highest BCUT2D eigenvalue weighted by molar-refractivity contribution is 5.90. The first-order chi connectivity index (χ1) is 15.3. The number of H-pyrrole nitrogens is 1. The largest absolute Gasteiger partial charge is 0.478 e. The molecule has 2 aromatic heterocycles. The summed E-state index contributed by atoms with van der Waals surface area (Å²) in [4.78, 5) is 23.9. The Kier molecular flexibility index (Phi) is 7.05. The molecule has 0 spiro atoms. The third kappa shape index (κ3) is 5.20. The summed E-state index contributed by atoms with van der Waals surface area (Å²) in [5, 5.41) is 24.1. The number of benzene rings is 1. The summed E-state index contributed by atoms with van der Waals surface area (Å²) >= 11 is 0. The molecule has 0 bridgehead atoms. The lowest BCUT2D eigenvalue weighted by Crippen LogP contribution is -2.35. The minimum absolute atomic E-state index is 0.278. The van der Waals surface area contributed by atoms with Gasteiger partial charge in [-0.1, -0.05) is 26.0 Å². The highest BCUT2D eigenvalue weighted by Gasteiger charge is 2.29. The van der Waals surface area contributed by atoms with Crippen LogP contribution in [0, 0.1) is 0 Å². The molecule has 5 N–H and O–H groups in total. The van der Waals surface area contributed by atoms with E-state index in [1.54, 1.807) is 0 Å². The number of carboxylic acid groups (broad SMARTS) is 2. The molecule has 1 aliphatic rings. The summed E-state index contributed by atoms with van der Waals surface area (Å²) < 4.78 is 0. The van der Waals surface area contributed by atoms with E-state index < -0.39 is 11.9 Å². The molecule has 0 saturated heterocycles. The summed E-state index contributed by atoms with van der Waals surface area (Å²) in [6.45, 7) is 4.27. The predicted molar refractivity (Wildman–Crippen MR) is 122 cm³/mol. The zero-order chi connectivity index (χ0) is 23.3. The summed E-state index contributed by atoms with van der Waals surface area (Å²) in [6, 6.07) is 8.54. The van der Waals surface area contributed by atoms with Gasteiger partial charge in [0.1, 0.15) is 0 Å². The van der Waals surface area contributed by atoms with Gasteiger partial charge < -0.3 is 15.9 Å². The van der Waals surface area contributed by atoms with Crippen molar-refractivity contribution < 1.29 is 19.8 Å². The molecule has 0 amide bonds. The van der Waals surface area contributed by atoms with Crippen LogP contribution in [0.5, 0.6) is 0 Å². The molecule has 3 aromatic rings. The van der Waals surface area contributed by atoms with Crippen molar-refractivity contribution in [3.8, 4) is 11.3 Å². The van der Waals surface area contributed by atoms with Crippen LogP contribution in [-0.2, 0) is 15.1 Å². The number of carbonyl (C=O) groups is 2. The van der Waals surface area contributed by atoms with Gasteiger partial charge in [0.2, 0.25) is 0 Å². The van der Waals surface area contributed by atoms with Gasteiger partial charge in [0, 0.05) is 34.8 Å². The number of rotatable bonds is 7. The van der Waals surface area contributed by atoms with Crippen LogP contribution in [-0.4, -0.2) is 37.3 Å². The van der Waals surface area contributed by atoms with Crippen molar-refractivity contribution in [3.05, 3.63) is 59.9 Å². The zero-order valence-corrected chi connectivity index (χ0v) is 18.2. The maximum atomic E-state index is 9.55. The van der Waals surface area contributed by atoms with Gasteiger partial charge in [-0.3, -0.25) is 10.1 Å². The van der Waals surface area contributed by atoms with E-state index in [2.05, 4.69) is 48.3 Å². The normalized spacial score (nSPS) is 13.7. The molecule has 1 aliphatic carbocycles. The van der Waals surface area contributed by atoms with Gasteiger partial charge in [-0.2, -0.15) is 5.10 Å². The van der Waals surface area contributed by atoms with Crippen molar-refractivity contribution in [1.29, 1.82) is 0 Å². The molecule has 1 fully saturated rings. The second kappa shape index (κ2) is 9.74. The topological polar surface area (TPSA) is 142 Å². The van der Waals surface area contributed by atoms with Crippen LogP contribution in [0.1, 0.15) is 56.6 Å². The molecule has 2 heterocycles. The minimum Gasteiger partial charge on any atom is -0.478 e. The van der Waals surface area contributed by atoms with E-state index in [1.807, 2.05) is 12.4 Å². The van der Waals surface area contributed by atoms with Gasteiger partial charge in [-0.15, -0.1) is 0 Å². The van der Waals surface area contributed by atoms with E-state index in [0.29, 0.717) is 18.1 Å². The van der Waals surface area contributed by atoms with Crippen molar-refractivity contribution >= 4 is 22.8 Å². The minimum atomic E-state index is -1.26. The smallest absolute Gasteiger partial charge is 0.328 e. The van der Waals surface area contributed by atoms with E-state index in [1.165, 1.54) is 29.4 Å². The third-order valence-electron chi connectivity index (χ3n) is 5.90. The molecule has 1 aromatic carbocycles. The molecule has 4 rings (SSSR count). The molecule has 0 radical (unpaired) electrons. The molecule has 168 valence electrons. The van der Waals surface area contributed by atoms with E-state index in [-0.39, 0.29) is 5.54 Å². The van der Waals surface area contributed by atoms with Gasteiger partial charge in [-0.05, 0) is 54.9 Å². The molecule has 0 aliphatic heterocycles. The maximum Gasteiger partial charge on any atom is 0.328 e. The van der Waals surface area contributed by atoms with E-state index >= 15 is 0 Å². The van der Waals surface area contributed by atoms with Crippen LogP contribution in [0.15, 0.2) is 48.8 Å². The SMILES string of the molecule is CCC(N)(CC)c1ccc(-c2ccc3[nH]ncc3c2C2CC2)nc1.O=C(O)C=CC(=O)O. The Morgan fingerprint density at radius 1 is 1.09 bits per heavy atom. The molecular formula is C24H28N4O4.